The van der Waals surface area contributed by atoms with Gasteiger partial charge in [0.05, 0.1) is 5.69 Å². The lowest BCUT2D eigenvalue weighted by atomic mass is 9.94. The van der Waals surface area contributed by atoms with Gasteiger partial charge in [-0.15, -0.1) is 0 Å². The lowest BCUT2D eigenvalue weighted by molar-refractivity contribution is -0.125. The number of nitrogens with zero attached hydrogens (tertiary/aromatic N) is 3. The molecule has 1 aliphatic rings. The zero-order valence-electron chi connectivity index (χ0n) is 15.8. The molecule has 0 unspecified atom stereocenters. The number of amides is 1. The van der Waals surface area contributed by atoms with Crippen LogP contribution in [-0.4, -0.2) is 46.8 Å². The van der Waals surface area contributed by atoms with Crippen LogP contribution in [0.2, 0.25) is 0 Å². The fourth-order valence-electron chi connectivity index (χ4n) is 3.78. The van der Waals surface area contributed by atoms with Crippen LogP contribution in [0.1, 0.15) is 69.3 Å². The summed E-state index contributed by atoms with van der Waals surface area (Å²) >= 11 is 0. The Hall–Kier alpha value is -1.36. The summed E-state index contributed by atoms with van der Waals surface area (Å²) < 4.78 is 1.89. The Balaban J connectivity index is 1.85. The number of aryl methyl sites for hydroxylation is 2. The van der Waals surface area contributed by atoms with E-state index in [2.05, 4.69) is 29.3 Å². The van der Waals surface area contributed by atoms with Crippen molar-refractivity contribution in [2.24, 2.45) is 0 Å². The summed E-state index contributed by atoms with van der Waals surface area (Å²) in [5.41, 5.74) is 2.03. The molecule has 2 rings (SSSR count). The highest BCUT2D eigenvalue weighted by Gasteiger charge is 2.22. The second-order valence-electron chi connectivity index (χ2n) is 7.24. The number of hydrogen-bond donors (Lipinski definition) is 1. The van der Waals surface area contributed by atoms with Crippen molar-refractivity contribution in [1.29, 1.82) is 0 Å². The first-order chi connectivity index (χ1) is 11.5. The molecule has 1 aliphatic carbocycles. The molecule has 1 aromatic heterocycles. The minimum absolute atomic E-state index is 0.0973. The molecule has 24 heavy (non-hydrogen) atoms. The van der Waals surface area contributed by atoms with Crippen molar-refractivity contribution in [3.63, 3.8) is 0 Å². The van der Waals surface area contributed by atoms with Crippen LogP contribution < -0.4 is 5.32 Å². The number of carbonyl (C=O) groups is 1. The number of carbonyl (C=O) groups excluding carboxylic acids is 1. The summed E-state index contributed by atoms with van der Waals surface area (Å²) in [6, 6.07) is 2.54. The molecule has 136 valence electrons. The van der Waals surface area contributed by atoms with Crippen LogP contribution in [0.4, 0.5) is 0 Å². The minimum Gasteiger partial charge on any atom is -0.353 e. The smallest absolute Gasteiger partial charge is 0.244 e. The maximum Gasteiger partial charge on any atom is 0.244 e. The molecule has 5 nitrogen and oxygen atoms in total. The molecule has 5 heteroatoms. The molecule has 0 aromatic carbocycles. The normalized spacial score (nSPS) is 17.2. The van der Waals surface area contributed by atoms with Gasteiger partial charge in [0.2, 0.25) is 5.91 Å². The molecule has 1 heterocycles. The van der Waals surface area contributed by atoms with E-state index < -0.39 is 0 Å². The molecule has 1 amide bonds. The molecule has 0 radical (unpaired) electrons. The van der Waals surface area contributed by atoms with E-state index in [0.29, 0.717) is 12.6 Å². The van der Waals surface area contributed by atoms with Gasteiger partial charge in [0.15, 0.2) is 0 Å². The highest BCUT2D eigenvalue weighted by molar-refractivity contribution is 5.80. The van der Waals surface area contributed by atoms with Crippen molar-refractivity contribution >= 4 is 5.91 Å². The van der Waals surface area contributed by atoms with Crippen molar-refractivity contribution in [3.8, 4) is 0 Å². The van der Waals surface area contributed by atoms with Gasteiger partial charge >= 0.3 is 0 Å². The Kier molecular flexibility index (Phi) is 7.28. The second-order valence-corrected chi connectivity index (χ2v) is 7.24. The average Bonchev–Trinajstić information content (AvgIpc) is 2.91. The summed E-state index contributed by atoms with van der Waals surface area (Å²) in [5, 5.41) is 7.64. The molecule has 0 saturated heterocycles. The predicted octanol–water partition coefficient (Wildman–Crippen LogP) is 3.22. The van der Waals surface area contributed by atoms with Crippen LogP contribution in [0.5, 0.6) is 0 Å². The molecule has 0 aliphatic heterocycles. The summed E-state index contributed by atoms with van der Waals surface area (Å²) in [7, 11) is 2.19. The van der Waals surface area contributed by atoms with Crippen molar-refractivity contribution in [2.75, 3.05) is 20.1 Å². The van der Waals surface area contributed by atoms with Crippen molar-refractivity contribution in [1.82, 2.24) is 20.0 Å². The molecule has 1 N–H and O–H groups in total. The molecule has 1 atom stereocenters. The van der Waals surface area contributed by atoms with Gasteiger partial charge in [0, 0.05) is 24.8 Å². The molecular weight excluding hydrogens is 300 g/mol. The van der Waals surface area contributed by atoms with E-state index in [1.54, 1.807) is 0 Å². The van der Waals surface area contributed by atoms with Crippen LogP contribution in [0.3, 0.4) is 0 Å². The third-order valence-electron chi connectivity index (χ3n) is 5.17. The predicted molar refractivity (Wildman–Crippen MR) is 98.2 cm³/mol. The average molecular weight is 335 g/mol. The van der Waals surface area contributed by atoms with Gasteiger partial charge in [0.25, 0.3) is 0 Å². The summed E-state index contributed by atoms with van der Waals surface area (Å²) in [6.07, 6.45) is 8.46. The van der Waals surface area contributed by atoms with Gasteiger partial charge in [-0.2, -0.15) is 5.10 Å². The van der Waals surface area contributed by atoms with Crippen LogP contribution in [0.25, 0.3) is 0 Å². The Labute approximate surface area is 146 Å². The number of aromatic nitrogens is 2. The zero-order chi connectivity index (χ0) is 17.5. The first-order valence-corrected chi connectivity index (χ1v) is 9.53. The fraction of sp³-hybridized carbons (Fsp3) is 0.789. The van der Waals surface area contributed by atoms with Crippen LogP contribution in [0.15, 0.2) is 6.07 Å². The maximum atomic E-state index is 12.7. The summed E-state index contributed by atoms with van der Waals surface area (Å²) in [4.78, 5) is 15.1. The maximum absolute atomic E-state index is 12.7. The Morgan fingerprint density at radius 2 is 2.08 bits per heavy atom. The lowest BCUT2D eigenvalue weighted by Gasteiger charge is -2.31. The molecule has 1 saturated carbocycles. The summed E-state index contributed by atoms with van der Waals surface area (Å²) in [5.74, 6) is 0.0973. The van der Waals surface area contributed by atoms with Gasteiger partial charge in [-0.25, -0.2) is 0 Å². The largest absolute Gasteiger partial charge is 0.353 e. The van der Waals surface area contributed by atoms with Crippen molar-refractivity contribution < 1.29 is 4.79 Å². The van der Waals surface area contributed by atoms with E-state index in [-0.39, 0.29) is 11.9 Å². The van der Waals surface area contributed by atoms with E-state index in [9.17, 15) is 4.79 Å². The van der Waals surface area contributed by atoms with Crippen LogP contribution in [-0.2, 0) is 4.79 Å². The zero-order valence-corrected chi connectivity index (χ0v) is 15.8. The molecule has 1 fully saturated rings. The van der Waals surface area contributed by atoms with Crippen molar-refractivity contribution in [3.05, 3.63) is 17.5 Å². The van der Waals surface area contributed by atoms with Crippen molar-refractivity contribution in [2.45, 2.75) is 77.8 Å². The minimum atomic E-state index is -0.191. The number of hydrogen-bond acceptors (Lipinski definition) is 3. The van der Waals surface area contributed by atoms with E-state index in [1.807, 2.05) is 24.6 Å². The summed E-state index contributed by atoms with van der Waals surface area (Å²) in [6.45, 7) is 7.75. The number of nitrogens with one attached hydrogen (secondary N) is 1. The molecule has 0 spiro atoms. The van der Waals surface area contributed by atoms with E-state index in [4.69, 9.17) is 0 Å². The first kappa shape index (κ1) is 19.0. The van der Waals surface area contributed by atoms with Gasteiger partial charge in [-0.3, -0.25) is 9.48 Å². The number of likely N-dealkylation sites (N-methyl/N-ethyl adjacent to an activating group) is 1. The Morgan fingerprint density at radius 1 is 1.38 bits per heavy atom. The highest BCUT2D eigenvalue weighted by Crippen LogP contribution is 2.21. The van der Waals surface area contributed by atoms with Gasteiger partial charge in [-0.1, -0.05) is 32.6 Å². The second kappa shape index (κ2) is 9.21. The fourth-order valence-corrected chi connectivity index (χ4v) is 3.78. The molecule has 0 bridgehead atoms. The number of rotatable bonds is 8. The Morgan fingerprint density at radius 3 is 2.67 bits per heavy atom. The molecule has 1 aromatic rings. The monoisotopic (exact) mass is 334 g/mol. The van der Waals surface area contributed by atoms with Crippen LogP contribution >= 0.6 is 0 Å². The Bertz CT molecular complexity index is 519. The van der Waals surface area contributed by atoms with E-state index in [1.165, 1.54) is 32.1 Å². The van der Waals surface area contributed by atoms with Gasteiger partial charge in [-0.05, 0) is 46.2 Å². The lowest BCUT2D eigenvalue weighted by Crippen LogP contribution is -2.41. The van der Waals surface area contributed by atoms with E-state index in [0.717, 1.165) is 30.8 Å². The quantitative estimate of drug-likeness (QED) is 0.794. The third-order valence-corrected chi connectivity index (χ3v) is 5.17. The van der Waals surface area contributed by atoms with E-state index >= 15 is 0 Å². The molecular formula is C19H34N4O. The van der Waals surface area contributed by atoms with Crippen LogP contribution in [0, 0.1) is 13.8 Å². The first-order valence-electron chi connectivity index (χ1n) is 9.53. The third kappa shape index (κ3) is 5.07. The van der Waals surface area contributed by atoms with Gasteiger partial charge < -0.3 is 10.2 Å². The SMILES string of the molecule is CCC[C@H](C(=O)NCCN(C)C1CCCCC1)n1nc(C)cc1C. The highest BCUT2D eigenvalue weighted by atomic mass is 16.2. The topological polar surface area (TPSA) is 50.2 Å². The standard InChI is InChI=1S/C19H34N4O/c1-5-9-18(23-16(3)14-15(2)21-23)19(24)20-12-13-22(4)17-10-7-6-8-11-17/h14,17-18H,5-13H2,1-4H3,(H,20,24)/t18-/m1/s1. The van der Waals surface area contributed by atoms with Gasteiger partial charge in [0.1, 0.15) is 6.04 Å².